The average molecular weight is 252 g/mol. The van der Waals surface area contributed by atoms with Crippen molar-refractivity contribution >= 4 is 5.91 Å². The van der Waals surface area contributed by atoms with Crippen LogP contribution in [0.1, 0.15) is 58.3 Å². The first-order valence-electron chi connectivity index (χ1n) is 7.67. The fraction of sp³-hybridized carbons (Fsp3) is 0.933. The van der Waals surface area contributed by atoms with Gasteiger partial charge in [0.1, 0.15) is 0 Å². The van der Waals surface area contributed by atoms with Crippen molar-refractivity contribution in [1.29, 1.82) is 0 Å². The Labute approximate surface area is 111 Å². The van der Waals surface area contributed by atoms with E-state index in [1.807, 2.05) is 0 Å². The zero-order valence-electron chi connectivity index (χ0n) is 11.8. The molecule has 18 heavy (non-hydrogen) atoms. The van der Waals surface area contributed by atoms with Crippen LogP contribution in [-0.2, 0) is 4.79 Å². The van der Waals surface area contributed by atoms with Crippen molar-refractivity contribution in [3.63, 3.8) is 0 Å². The third-order valence-electron chi connectivity index (χ3n) is 4.96. The van der Waals surface area contributed by atoms with Gasteiger partial charge in [0.25, 0.3) is 0 Å². The molecular formula is C15H28N2O. The highest BCUT2D eigenvalue weighted by Gasteiger charge is 2.40. The van der Waals surface area contributed by atoms with Crippen molar-refractivity contribution in [2.75, 3.05) is 19.6 Å². The molecule has 0 spiro atoms. The highest BCUT2D eigenvalue weighted by Crippen LogP contribution is 2.37. The maximum atomic E-state index is 12.8. The molecular weight excluding hydrogens is 224 g/mol. The fourth-order valence-corrected chi connectivity index (χ4v) is 3.54. The number of carbonyl (C=O) groups is 1. The molecule has 3 nitrogen and oxygen atoms in total. The van der Waals surface area contributed by atoms with Gasteiger partial charge < -0.3 is 10.6 Å². The standard InChI is InChI=1S/C15H28N2O/c1-13-6-5-10-17(11-7-13)14(18)15(12-16)8-3-2-4-9-15/h13H,2-12,16H2,1H3. The van der Waals surface area contributed by atoms with Gasteiger partial charge >= 0.3 is 0 Å². The summed E-state index contributed by atoms with van der Waals surface area (Å²) in [7, 11) is 0. The van der Waals surface area contributed by atoms with Crippen molar-refractivity contribution in [2.45, 2.75) is 58.3 Å². The second-order valence-corrected chi connectivity index (χ2v) is 6.37. The Kier molecular flexibility index (Phi) is 4.66. The summed E-state index contributed by atoms with van der Waals surface area (Å²) in [4.78, 5) is 14.9. The molecule has 1 heterocycles. The number of amides is 1. The number of hydrogen-bond acceptors (Lipinski definition) is 2. The van der Waals surface area contributed by atoms with E-state index in [0.29, 0.717) is 12.5 Å². The van der Waals surface area contributed by atoms with E-state index in [2.05, 4.69) is 11.8 Å². The third-order valence-corrected chi connectivity index (χ3v) is 4.96. The van der Waals surface area contributed by atoms with Gasteiger partial charge in [-0.1, -0.05) is 26.2 Å². The predicted octanol–water partition coefficient (Wildman–Crippen LogP) is 2.54. The largest absolute Gasteiger partial charge is 0.342 e. The summed E-state index contributed by atoms with van der Waals surface area (Å²) in [5.74, 6) is 1.13. The van der Waals surface area contributed by atoms with E-state index in [-0.39, 0.29) is 5.41 Å². The zero-order valence-corrected chi connectivity index (χ0v) is 11.8. The summed E-state index contributed by atoms with van der Waals surface area (Å²) in [6.45, 7) is 4.73. The maximum Gasteiger partial charge on any atom is 0.230 e. The van der Waals surface area contributed by atoms with Crippen molar-refractivity contribution in [3.05, 3.63) is 0 Å². The molecule has 0 aromatic carbocycles. The van der Waals surface area contributed by atoms with E-state index in [4.69, 9.17) is 5.73 Å². The molecule has 2 aliphatic rings. The lowest BCUT2D eigenvalue weighted by molar-refractivity contribution is -0.143. The summed E-state index contributed by atoms with van der Waals surface area (Å²) in [6.07, 6.45) is 9.22. The van der Waals surface area contributed by atoms with E-state index < -0.39 is 0 Å². The van der Waals surface area contributed by atoms with Crippen molar-refractivity contribution < 1.29 is 4.79 Å². The average Bonchev–Trinajstić information content (AvgIpc) is 2.63. The smallest absolute Gasteiger partial charge is 0.230 e. The van der Waals surface area contributed by atoms with Crippen LogP contribution in [0.5, 0.6) is 0 Å². The summed E-state index contributed by atoms with van der Waals surface area (Å²) in [6, 6.07) is 0. The van der Waals surface area contributed by atoms with Crippen LogP contribution in [0.15, 0.2) is 0 Å². The minimum atomic E-state index is -0.216. The maximum absolute atomic E-state index is 12.8. The van der Waals surface area contributed by atoms with Crippen LogP contribution >= 0.6 is 0 Å². The van der Waals surface area contributed by atoms with Crippen LogP contribution in [0, 0.1) is 11.3 Å². The van der Waals surface area contributed by atoms with Crippen molar-refractivity contribution in [1.82, 2.24) is 4.90 Å². The Bertz CT molecular complexity index is 284. The topological polar surface area (TPSA) is 46.3 Å². The minimum Gasteiger partial charge on any atom is -0.342 e. The van der Waals surface area contributed by atoms with Crippen molar-refractivity contribution in [2.24, 2.45) is 17.1 Å². The normalized spacial score (nSPS) is 28.8. The molecule has 1 saturated carbocycles. The van der Waals surface area contributed by atoms with Gasteiger partial charge in [0.05, 0.1) is 5.41 Å². The lowest BCUT2D eigenvalue weighted by atomic mass is 9.73. The predicted molar refractivity (Wildman–Crippen MR) is 74.2 cm³/mol. The highest BCUT2D eigenvalue weighted by atomic mass is 16.2. The van der Waals surface area contributed by atoms with Crippen LogP contribution in [-0.4, -0.2) is 30.4 Å². The molecule has 0 aromatic rings. The van der Waals surface area contributed by atoms with E-state index in [0.717, 1.165) is 44.7 Å². The molecule has 1 atom stereocenters. The monoisotopic (exact) mass is 252 g/mol. The van der Waals surface area contributed by atoms with Crippen molar-refractivity contribution in [3.8, 4) is 0 Å². The van der Waals surface area contributed by atoms with Gasteiger partial charge in [-0.25, -0.2) is 0 Å². The summed E-state index contributed by atoms with van der Waals surface area (Å²) in [5.41, 5.74) is 5.75. The van der Waals surface area contributed by atoms with Crippen LogP contribution < -0.4 is 5.73 Å². The van der Waals surface area contributed by atoms with E-state index in [1.165, 1.54) is 25.7 Å². The molecule has 2 rings (SSSR count). The molecule has 1 aliphatic heterocycles. The number of nitrogens with two attached hydrogens (primary N) is 1. The molecule has 3 heteroatoms. The second-order valence-electron chi connectivity index (χ2n) is 6.37. The Morgan fingerprint density at radius 3 is 2.56 bits per heavy atom. The lowest BCUT2D eigenvalue weighted by Gasteiger charge is -2.38. The second kappa shape index (κ2) is 6.05. The molecule has 1 amide bonds. The quantitative estimate of drug-likeness (QED) is 0.821. The van der Waals surface area contributed by atoms with E-state index in [1.54, 1.807) is 0 Å². The molecule has 2 N–H and O–H groups in total. The number of nitrogens with zero attached hydrogens (tertiary/aromatic N) is 1. The molecule has 0 bridgehead atoms. The Balaban J connectivity index is 2.03. The van der Waals surface area contributed by atoms with Gasteiger partial charge in [0.2, 0.25) is 5.91 Å². The summed E-state index contributed by atoms with van der Waals surface area (Å²) < 4.78 is 0. The van der Waals surface area contributed by atoms with E-state index >= 15 is 0 Å². The Morgan fingerprint density at radius 2 is 1.89 bits per heavy atom. The molecule has 1 saturated heterocycles. The number of rotatable bonds is 2. The summed E-state index contributed by atoms with van der Waals surface area (Å²) >= 11 is 0. The van der Waals surface area contributed by atoms with Gasteiger partial charge in [0, 0.05) is 19.6 Å². The molecule has 0 radical (unpaired) electrons. The van der Waals surface area contributed by atoms with Crippen LogP contribution in [0.25, 0.3) is 0 Å². The Hall–Kier alpha value is -0.570. The van der Waals surface area contributed by atoms with E-state index in [9.17, 15) is 4.79 Å². The number of likely N-dealkylation sites (tertiary alicyclic amines) is 1. The SMILES string of the molecule is CC1CCCN(C(=O)C2(CN)CCCCC2)CC1. The highest BCUT2D eigenvalue weighted by molar-refractivity contribution is 5.83. The minimum absolute atomic E-state index is 0.216. The van der Waals surface area contributed by atoms with Gasteiger partial charge in [0.15, 0.2) is 0 Å². The first-order chi connectivity index (χ1) is 8.68. The number of hydrogen-bond donors (Lipinski definition) is 1. The number of carbonyl (C=O) groups excluding carboxylic acids is 1. The molecule has 0 aromatic heterocycles. The van der Waals surface area contributed by atoms with Gasteiger partial charge in [-0.3, -0.25) is 4.79 Å². The lowest BCUT2D eigenvalue weighted by Crippen LogP contribution is -2.49. The third kappa shape index (κ3) is 2.87. The zero-order chi connectivity index (χ0) is 13.0. The first-order valence-corrected chi connectivity index (χ1v) is 7.67. The molecule has 2 fully saturated rings. The van der Waals surface area contributed by atoms with Gasteiger partial charge in [-0.05, 0) is 38.0 Å². The van der Waals surface area contributed by atoms with Crippen LogP contribution in [0.2, 0.25) is 0 Å². The van der Waals surface area contributed by atoms with Gasteiger partial charge in [-0.2, -0.15) is 0 Å². The fourth-order valence-electron chi connectivity index (χ4n) is 3.54. The Morgan fingerprint density at radius 1 is 1.17 bits per heavy atom. The molecule has 1 unspecified atom stereocenters. The first kappa shape index (κ1) is 13.9. The van der Waals surface area contributed by atoms with Crippen LogP contribution in [0.4, 0.5) is 0 Å². The summed E-state index contributed by atoms with van der Waals surface area (Å²) in [5, 5.41) is 0. The van der Waals surface area contributed by atoms with Gasteiger partial charge in [-0.15, -0.1) is 0 Å². The van der Waals surface area contributed by atoms with Crippen LogP contribution in [0.3, 0.4) is 0 Å². The molecule has 104 valence electrons. The molecule has 1 aliphatic carbocycles.